The van der Waals surface area contributed by atoms with Gasteiger partial charge in [0.1, 0.15) is 12.1 Å². The third-order valence-electron chi connectivity index (χ3n) is 6.54. The van der Waals surface area contributed by atoms with Crippen molar-refractivity contribution in [2.45, 2.75) is 32.2 Å². The molecule has 3 N–H and O–H groups in total. The summed E-state index contributed by atoms with van der Waals surface area (Å²) in [6.07, 6.45) is 1.01. The van der Waals surface area contributed by atoms with Crippen LogP contribution in [0.2, 0.25) is 0 Å². The zero-order valence-electron chi connectivity index (χ0n) is 20.9. The smallest absolute Gasteiger partial charge is 0.325 e. The Labute approximate surface area is 216 Å². The van der Waals surface area contributed by atoms with Crippen molar-refractivity contribution in [3.63, 3.8) is 0 Å². The molecule has 190 valence electrons. The molecule has 37 heavy (non-hydrogen) atoms. The van der Waals surface area contributed by atoms with Crippen molar-refractivity contribution in [3.8, 4) is 0 Å². The summed E-state index contributed by atoms with van der Waals surface area (Å²) in [5.74, 6) is -1.39. The second kappa shape index (κ2) is 11.1. The van der Waals surface area contributed by atoms with Crippen molar-refractivity contribution >= 4 is 29.4 Å². The number of benzene rings is 3. The number of nitrogens with zero attached hydrogens (tertiary/aromatic N) is 1. The molecule has 3 aromatic rings. The summed E-state index contributed by atoms with van der Waals surface area (Å²) in [5, 5.41) is 8.34. The van der Waals surface area contributed by atoms with Crippen molar-refractivity contribution in [1.29, 1.82) is 0 Å². The summed E-state index contributed by atoms with van der Waals surface area (Å²) < 4.78 is 0. The largest absolute Gasteiger partial charge is 0.352 e. The molecule has 0 saturated carbocycles. The second-order valence-corrected chi connectivity index (χ2v) is 9.03. The zero-order valence-corrected chi connectivity index (χ0v) is 20.9. The number of carbonyl (C=O) groups excluding carboxylic acids is 4. The molecule has 1 heterocycles. The van der Waals surface area contributed by atoms with Gasteiger partial charge in [0.15, 0.2) is 0 Å². The van der Waals surface area contributed by atoms with Crippen molar-refractivity contribution in [1.82, 2.24) is 15.5 Å². The first-order valence-corrected chi connectivity index (χ1v) is 12.3. The third kappa shape index (κ3) is 5.53. The van der Waals surface area contributed by atoms with E-state index in [1.54, 1.807) is 24.3 Å². The maximum absolute atomic E-state index is 13.4. The minimum absolute atomic E-state index is 0.295. The van der Waals surface area contributed by atoms with Gasteiger partial charge in [-0.05, 0) is 43.0 Å². The molecule has 0 radical (unpaired) electrons. The molecular weight excluding hydrogens is 468 g/mol. The number of nitrogens with one attached hydrogen (secondary N) is 3. The predicted molar refractivity (Wildman–Crippen MR) is 141 cm³/mol. The summed E-state index contributed by atoms with van der Waals surface area (Å²) in [5.41, 5.74) is 2.18. The van der Waals surface area contributed by atoms with Gasteiger partial charge in [0.05, 0.1) is 11.3 Å². The number of hydrogen-bond acceptors (Lipinski definition) is 4. The molecule has 3 aromatic carbocycles. The maximum atomic E-state index is 13.4. The van der Waals surface area contributed by atoms with Crippen LogP contribution in [0.5, 0.6) is 0 Å². The normalized spacial score (nSPS) is 16.9. The minimum Gasteiger partial charge on any atom is -0.352 e. The highest BCUT2D eigenvalue weighted by molar-refractivity contribution is 6.11. The molecule has 1 aliphatic heterocycles. The van der Waals surface area contributed by atoms with E-state index in [9.17, 15) is 19.2 Å². The number of rotatable bonds is 9. The van der Waals surface area contributed by atoms with E-state index in [0.29, 0.717) is 36.2 Å². The van der Waals surface area contributed by atoms with Gasteiger partial charge in [-0.25, -0.2) is 4.79 Å². The number of para-hydroxylation sites is 1. The van der Waals surface area contributed by atoms with Gasteiger partial charge >= 0.3 is 6.03 Å². The molecule has 1 saturated heterocycles. The molecule has 1 aliphatic rings. The number of urea groups is 1. The van der Waals surface area contributed by atoms with Crippen LogP contribution in [-0.2, 0) is 21.5 Å². The number of aryl methyl sites for hydroxylation is 1. The van der Waals surface area contributed by atoms with E-state index in [-0.39, 0.29) is 5.91 Å². The average molecular weight is 499 g/mol. The van der Waals surface area contributed by atoms with Gasteiger partial charge in [0.25, 0.3) is 11.8 Å². The number of amides is 5. The van der Waals surface area contributed by atoms with E-state index in [1.807, 2.05) is 68.4 Å². The fraction of sp³-hybridized carbons (Fsp3) is 0.241. The SMILES string of the molecule is CC[C@]1(c2ccc(C)cc2)NC(=O)N(CC(=O)Nc2ccccc2C(=O)NCCc2ccccc2)C1=O. The number of carbonyl (C=O) groups is 4. The number of anilines is 1. The monoisotopic (exact) mass is 498 g/mol. The van der Waals surface area contributed by atoms with Gasteiger partial charge in [-0.2, -0.15) is 0 Å². The van der Waals surface area contributed by atoms with E-state index in [0.717, 1.165) is 16.0 Å². The molecule has 8 heteroatoms. The summed E-state index contributed by atoms with van der Waals surface area (Å²) in [4.78, 5) is 52.7. The Hall–Kier alpha value is -4.46. The molecule has 0 spiro atoms. The van der Waals surface area contributed by atoms with Crippen LogP contribution in [0.1, 0.15) is 40.4 Å². The second-order valence-electron chi connectivity index (χ2n) is 9.03. The topological polar surface area (TPSA) is 108 Å². The van der Waals surface area contributed by atoms with Gasteiger partial charge < -0.3 is 16.0 Å². The molecular formula is C29H30N4O4. The van der Waals surface area contributed by atoms with Crippen molar-refractivity contribution < 1.29 is 19.2 Å². The molecule has 1 fully saturated rings. The first-order chi connectivity index (χ1) is 17.8. The molecule has 1 atom stereocenters. The maximum Gasteiger partial charge on any atom is 0.325 e. The molecule has 0 aromatic heterocycles. The molecule has 4 rings (SSSR count). The molecule has 5 amide bonds. The standard InChI is InChI=1S/C29H30N4O4/c1-3-29(22-15-13-20(2)14-16-22)27(36)33(28(37)32-29)19-25(34)31-24-12-8-7-11-23(24)26(35)30-18-17-21-9-5-4-6-10-21/h4-16H,3,17-19H2,1-2H3,(H,30,35)(H,31,34)(H,32,37)/t29-/m1/s1. The summed E-state index contributed by atoms with van der Waals surface area (Å²) in [6, 6.07) is 23.2. The highest BCUT2D eigenvalue weighted by Crippen LogP contribution is 2.32. The minimum atomic E-state index is -1.22. The fourth-order valence-corrected chi connectivity index (χ4v) is 4.43. The predicted octanol–water partition coefficient (Wildman–Crippen LogP) is 3.76. The lowest BCUT2D eigenvalue weighted by Gasteiger charge is -2.26. The lowest BCUT2D eigenvalue weighted by molar-refractivity contribution is -0.134. The zero-order chi connectivity index (χ0) is 26.4. The van der Waals surface area contributed by atoms with E-state index in [1.165, 1.54) is 0 Å². The molecule has 0 bridgehead atoms. The fourth-order valence-electron chi connectivity index (χ4n) is 4.43. The van der Waals surface area contributed by atoms with Crippen LogP contribution >= 0.6 is 0 Å². The first kappa shape index (κ1) is 25.6. The lowest BCUT2D eigenvalue weighted by Crippen LogP contribution is -2.44. The summed E-state index contributed by atoms with van der Waals surface area (Å²) in [7, 11) is 0. The van der Waals surface area contributed by atoms with Crippen LogP contribution in [0.25, 0.3) is 0 Å². The Morgan fingerprint density at radius 1 is 0.919 bits per heavy atom. The Kier molecular flexibility index (Phi) is 7.67. The van der Waals surface area contributed by atoms with Crippen molar-refractivity contribution in [2.75, 3.05) is 18.4 Å². The van der Waals surface area contributed by atoms with E-state index in [2.05, 4.69) is 16.0 Å². The van der Waals surface area contributed by atoms with Gasteiger partial charge in [0, 0.05) is 6.54 Å². The van der Waals surface area contributed by atoms with E-state index in [4.69, 9.17) is 0 Å². The average Bonchev–Trinajstić information content (AvgIpc) is 3.15. The number of imide groups is 1. The van der Waals surface area contributed by atoms with Gasteiger partial charge in [0.2, 0.25) is 5.91 Å². The highest BCUT2D eigenvalue weighted by atomic mass is 16.2. The quantitative estimate of drug-likeness (QED) is 0.391. The van der Waals surface area contributed by atoms with Crippen LogP contribution in [-0.4, -0.2) is 41.7 Å². The van der Waals surface area contributed by atoms with Crippen LogP contribution in [0.15, 0.2) is 78.9 Å². The van der Waals surface area contributed by atoms with Gasteiger partial charge in [-0.3, -0.25) is 19.3 Å². The Morgan fingerprint density at radius 2 is 1.59 bits per heavy atom. The van der Waals surface area contributed by atoms with Crippen LogP contribution in [0, 0.1) is 6.92 Å². The Balaban J connectivity index is 1.42. The van der Waals surface area contributed by atoms with E-state index >= 15 is 0 Å². The van der Waals surface area contributed by atoms with Crippen LogP contribution in [0.4, 0.5) is 10.5 Å². The van der Waals surface area contributed by atoms with Gasteiger partial charge in [-0.1, -0.05) is 79.2 Å². The third-order valence-corrected chi connectivity index (χ3v) is 6.54. The van der Waals surface area contributed by atoms with Crippen LogP contribution < -0.4 is 16.0 Å². The summed E-state index contributed by atoms with van der Waals surface area (Å²) >= 11 is 0. The Morgan fingerprint density at radius 3 is 2.30 bits per heavy atom. The summed E-state index contributed by atoms with van der Waals surface area (Å²) in [6.45, 7) is 3.72. The molecule has 0 unspecified atom stereocenters. The van der Waals surface area contributed by atoms with Crippen molar-refractivity contribution in [2.24, 2.45) is 0 Å². The molecule has 0 aliphatic carbocycles. The first-order valence-electron chi connectivity index (χ1n) is 12.3. The van der Waals surface area contributed by atoms with Gasteiger partial charge in [-0.15, -0.1) is 0 Å². The van der Waals surface area contributed by atoms with E-state index < -0.39 is 29.9 Å². The Bertz CT molecular complexity index is 1310. The lowest BCUT2D eigenvalue weighted by atomic mass is 9.87. The number of hydrogen-bond donors (Lipinski definition) is 3. The van der Waals surface area contributed by atoms with Crippen LogP contribution in [0.3, 0.4) is 0 Å². The highest BCUT2D eigenvalue weighted by Gasteiger charge is 2.51. The van der Waals surface area contributed by atoms with Crippen molar-refractivity contribution in [3.05, 3.63) is 101 Å². The molecule has 8 nitrogen and oxygen atoms in total.